The van der Waals surface area contributed by atoms with Gasteiger partial charge in [0.1, 0.15) is 5.69 Å². The van der Waals surface area contributed by atoms with Gasteiger partial charge in [-0.15, -0.1) is 0 Å². The van der Waals surface area contributed by atoms with Crippen molar-refractivity contribution in [3.05, 3.63) is 58.5 Å². The number of aromatic nitrogens is 3. The first kappa shape index (κ1) is 15.4. The van der Waals surface area contributed by atoms with Gasteiger partial charge in [0.2, 0.25) is 0 Å². The molecule has 1 aliphatic rings. The van der Waals surface area contributed by atoms with Crippen LogP contribution in [0.5, 0.6) is 0 Å². The summed E-state index contributed by atoms with van der Waals surface area (Å²) in [5.41, 5.74) is 2.76. The standard InChI is InChI=1S/C19H16BrN3O/c20-15-5-7-18-16(13-15)17(6-4-14-8-10-21-11-9-14)22-23(18)19-3-1-2-12-24-19/h5,7-11,13,19H,1-3,12H2. The van der Waals surface area contributed by atoms with Gasteiger partial charge in [0, 0.05) is 34.4 Å². The molecule has 120 valence electrons. The number of fused-ring (bicyclic) bond motifs is 1. The van der Waals surface area contributed by atoms with E-state index < -0.39 is 0 Å². The number of hydrogen-bond acceptors (Lipinski definition) is 3. The van der Waals surface area contributed by atoms with Crippen molar-refractivity contribution in [3.8, 4) is 11.8 Å². The van der Waals surface area contributed by atoms with Crippen LogP contribution in [0.2, 0.25) is 0 Å². The van der Waals surface area contributed by atoms with Gasteiger partial charge >= 0.3 is 0 Å². The first-order valence-corrected chi connectivity index (χ1v) is 8.82. The van der Waals surface area contributed by atoms with E-state index in [1.807, 2.05) is 22.9 Å². The molecular weight excluding hydrogens is 366 g/mol. The third-order valence-electron chi connectivity index (χ3n) is 4.10. The SMILES string of the molecule is Brc1ccc2c(c1)c(C#Cc1ccncc1)nn2C1CCCCO1. The fraction of sp³-hybridized carbons (Fsp3) is 0.263. The number of halogens is 1. The summed E-state index contributed by atoms with van der Waals surface area (Å²) in [6.07, 6.45) is 6.76. The van der Waals surface area contributed by atoms with Crippen LogP contribution in [0, 0.1) is 11.8 Å². The maximum atomic E-state index is 5.91. The highest BCUT2D eigenvalue weighted by Gasteiger charge is 2.20. The molecular formula is C19H16BrN3O. The molecule has 4 nitrogen and oxygen atoms in total. The molecule has 0 saturated carbocycles. The zero-order chi connectivity index (χ0) is 16.4. The fourth-order valence-corrected chi connectivity index (χ4v) is 3.27. The summed E-state index contributed by atoms with van der Waals surface area (Å²) in [6.45, 7) is 0.792. The van der Waals surface area contributed by atoms with Crippen molar-refractivity contribution in [2.45, 2.75) is 25.5 Å². The van der Waals surface area contributed by atoms with Crippen molar-refractivity contribution in [1.29, 1.82) is 0 Å². The summed E-state index contributed by atoms with van der Waals surface area (Å²) in [5.74, 6) is 6.37. The highest BCUT2D eigenvalue weighted by molar-refractivity contribution is 9.10. The summed E-state index contributed by atoms with van der Waals surface area (Å²) < 4.78 is 8.91. The molecule has 1 saturated heterocycles. The van der Waals surface area contributed by atoms with Crippen LogP contribution in [0.4, 0.5) is 0 Å². The average molecular weight is 382 g/mol. The summed E-state index contributed by atoms with van der Waals surface area (Å²) >= 11 is 3.54. The lowest BCUT2D eigenvalue weighted by atomic mass is 10.1. The maximum absolute atomic E-state index is 5.91. The van der Waals surface area contributed by atoms with Gasteiger partial charge in [-0.25, -0.2) is 4.68 Å². The Hall–Kier alpha value is -2.16. The Morgan fingerprint density at radius 2 is 2.00 bits per heavy atom. The summed E-state index contributed by atoms with van der Waals surface area (Å²) in [7, 11) is 0. The van der Waals surface area contributed by atoms with Crippen LogP contribution in [0.1, 0.15) is 36.7 Å². The largest absolute Gasteiger partial charge is 0.356 e. The second-order valence-electron chi connectivity index (χ2n) is 5.76. The van der Waals surface area contributed by atoms with Gasteiger partial charge in [0.05, 0.1) is 5.52 Å². The van der Waals surface area contributed by atoms with Crippen LogP contribution in [0.3, 0.4) is 0 Å². The molecule has 3 aromatic rings. The molecule has 1 aliphatic heterocycles. The normalized spacial score (nSPS) is 17.5. The predicted octanol–water partition coefficient (Wildman–Crippen LogP) is 4.29. The van der Waals surface area contributed by atoms with E-state index in [-0.39, 0.29) is 6.23 Å². The van der Waals surface area contributed by atoms with E-state index in [1.165, 1.54) is 6.42 Å². The molecule has 1 aromatic carbocycles. The van der Waals surface area contributed by atoms with E-state index in [1.54, 1.807) is 12.4 Å². The highest BCUT2D eigenvalue weighted by atomic mass is 79.9. The van der Waals surface area contributed by atoms with Crippen molar-refractivity contribution in [1.82, 2.24) is 14.8 Å². The van der Waals surface area contributed by atoms with Crippen LogP contribution in [-0.4, -0.2) is 21.4 Å². The van der Waals surface area contributed by atoms with Crippen LogP contribution < -0.4 is 0 Å². The molecule has 24 heavy (non-hydrogen) atoms. The minimum absolute atomic E-state index is 0.00102. The zero-order valence-electron chi connectivity index (χ0n) is 13.1. The van der Waals surface area contributed by atoms with Crippen molar-refractivity contribution in [2.24, 2.45) is 0 Å². The number of pyridine rings is 1. The number of hydrogen-bond donors (Lipinski definition) is 0. The van der Waals surface area contributed by atoms with Gasteiger partial charge in [0.25, 0.3) is 0 Å². The Bertz CT molecular complexity index is 918. The maximum Gasteiger partial charge on any atom is 0.150 e. The molecule has 0 amide bonds. The van der Waals surface area contributed by atoms with Gasteiger partial charge in [-0.3, -0.25) is 4.98 Å². The zero-order valence-corrected chi connectivity index (χ0v) is 14.7. The lowest BCUT2D eigenvalue weighted by Crippen LogP contribution is -2.19. The Morgan fingerprint density at radius 1 is 1.12 bits per heavy atom. The van der Waals surface area contributed by atoms with E-state index in [4.69, 9.17) is 9.84 Å². The van der Waals surface area contributed by atoms with E-state index in [2.05, 4.69) is 44.9 Å². The van der Waals surface area contributed by atoms with Crippen LogP contribution in [0.25, 0.3) is 10.9 Å². The fourth-order valence-electron chi connectivity index (χ4n) is 2.91. The van der Waals surface area contributed by atoms with Crippen LogP contribution >= 0.6 is 15.9 Å². The molecule has 3 heterocycles. The van der Waals surface area contributed by atoms with Crippen molar-refractivity contribution < 1.29 is 4.74 Å². The number of rotatable bonds is 1. The summed E-state index contributed by atoms with van der Waals surface area (Å²) in [6, 6.07) is 9.96. The average Bonchev–Trinajstić information content (AvgIpc) is 2.99. The molecule has 0 aliphatic carbocycles. The molecule has 2 aromatic heterocycles. The topological polar surface area (TPSA) is 39.9 Å². The van der Waals surface area contributed by atoms with Crippen LogP contribution in [0.15, 0.2) is 47.2 Å². The van der Waals surface area contributed by atoms with Gasteiger partial charge < -0.3 is 4.74 Å². The van der Waals surface area contributed by atoms with Crippen LogP contribution in [-0.2, 0) is 4.74 Å². The second-order valence-corrected chi connectivity index (χ2v) is 6.68. The first-order valence-electron chi connectivity index (χ1n) is 8.03. The molecule has 1 unspecified atom stereocenters. The van der Waals surface area contributed by atoms with Crippen molar-refractivity contribution in [3.63, 3.8) is 0 Å². The number of benzene rings is 1. The smallest absolute Gasteiger partial charge is 0.150 e. The Balaban J connectivity index is 1.80. The molecule has 0 radical (unpaired) electrons. The van der Waals surface area contributed by atoms with Gasteiger partial charge in [-0.1, -0.05) is 21.9 Å². The van der Waals surface area contributed by atoms with E-state index in [9.17, 15) is 0 Å². The van der Waals surface area contributed by atoms with Gasteiger partial charge in [-0.05, 0) is 55.5 Å². The predicted molar refractivity (Wildman–Crippen MR) is 96.5 cm³/mol. The summed E-state index contributed by atoms with van der Waals surface area (Å²) in [4.78, 5) is 4.02. The van der Waals surface area contributed by atoms with E-state index in [0.717, 1.165) is 46.1 Å². The number of nitrogens with zero attached hydrogens (tertiary/aromatic N) is 3. The Kier molecular flexibility index (Phi) is 4.33. The quantitative estimate of drug-likeness (QED) is 0.590. The molecule has 0 spiro atoms. The molecule has 1 fully saturated rings. The molecule has 5 heteroatoms. The second kappa shape index (κ2) is 6.76. The highest BCUT2D eigenvalue weighted by Crippen LogP contribution is 2.29. The third kappa shape index (κ3) is 3.08. The van der Waals surface area contributed by atoms with Gasteiger partial charge in [0.15, 0.2) is 6.23 Å². The minimum Gasteiger partial charge on any atom is -0.356 e. The Labute approximate surface area is 149 Å². The first-order chi connectivity index (χ1) is 11.8. The van der Waals surface area contributed by atoms with Crippen molar-refractivity contribution in [2.75, 3.05) is 6.61 Å². The van der Waals surface area contributed by atoms with E-state index >= 15 is 0 Å². The molecule has 4 rings (SSSR count). The monoisotopic (exact) mass is 381 g/mol. The van der Waals surface area contributed by atoms with E-state index in [0.29, 0.717) is 0 Å². The summed E-state index contributed by atoms with van der Waals surface area (Å²) in [5, 5.41) is 5.79. The lowest BCUT2D eigenvalue weighted by molar-refractivity contribution is -0.0367. The minimum atomic E-state index is -0.00102. The lowest BCUT2D eigenvalue weighted by Gasteiger charge is -2.23. The number of ether oxygens (including phenoxy) is 1. The van der Waals surface area contributed by atoms with Crippen molar-refractivity contribution >= 4 is 26.8 Å². The third-order valence-corrected chi connectivity index (χ3v) is 4.60. The molecule has 1 atom stereocenters. The molecule has 0 N–H and O–H groups in total. The Morgan fingerprint density at radius 3 is 2.79 bits per heavy atom. The van der Waals surface area contributed by atoms with Gasteiger partial charge in [-0.2, -0.15) is 5.10 Å². The molecule has 0 bridgehead atoms.